The van der Waals surface area contributed by atoms with Gasteiger partial charge in [-0.25, -0.2) is 9.59 Å². The van der Waals surface area contributed by atoms with Gasteiger partial charge >= 0.3 is 11.7 Å². The molecule has 0 aliphatic carbocycles. The SMILES string of the molecule is COc1cc2c(cc1NC(=O)NCc1nnc3n1CCC3)n(C)c(=O)n2C. The number of carbonyl (C=O) groups excluding carboxylic acids is 1. The third-order valence-electron chi connectivity index (χ3n) is 4.93. The molecule has 2 amide bonds. The lowest BCUT2D eigenvalue weighted by atomic mass is 10.2. The zero-order chi connectivity index (χ0) is 19.1. The number of aromatic nitrogens is 5. The molecule has 1 aromatic carbocycles. The van der Waals surface area contributed by atoms with Crippen LogP contribution in [0.2, 0.25) is 0 Å². The van der Waals surface area contributed by atoms with Crippen LogP contribution in [0.25, 0.3) is 11.0 Å². The van der Waals surface area contributed by atoms with Gasteiger partial charge in [-0.2, -0.15) is 0 Å². The Balaban J connectivity index is 1.54. The van der Waals surface area contributed by atoms with Gasteiger partial charge in [0.15, 0.2) is 5.82 Å². The molecule has 3 heterocycles. The van der Waals surface area contributed by atoms with Gasteiger partial charge in [0, 0.05) is 33.1 Å². The van der Waals surface area contributed by atoms with E-state index in [1.165, 1.54) is 16.2 Å². The minimum atomic E-state index is -0.385. The van der Waals surface area contributed by atoms with Crippen molar-refractivity contribution in [2.24, 2.45) is 14.1 Å². The number of methoxy groups -OCH3 is 1. The highest BCUT2D eigenvalue weighted by Crippen LogP contribution is 2.29. The lowest BCUT2D eigenvalue weighted by molar-refractivity contribution is 0.251. The maximum absolute atomic E-state index is 12.4. The Morgan fingerprint density at radius 2 is 1.96 bits per heavy atom. The Labute approximate surface area is 154 Å². The van der Waals surface area contributed by atoms with E-state index in [0.29, 0.717) is 17.0 Å². The molecule has 0 saturated heterocycles. The average Bonchev–Trinajstić information content (AvgIpc) is 3.32. The number of nitrogens with one attached hydrogen (secondary N) is 2. The fourth-order valence-electron chi connectivity index (χ4n) is 3.46. The normalized spacial score (nSPS) is 13.0. The van der Waals surface area contributed by atoms with Gasteiger partial charge in [-0.3, -0.25) is 9.13 Å². The number of nitrogens with zero attached hydrogens (tertiary/aromatic N) is 5. The summed E-state index contributed by atoms with van der Waals surface area (Å²) >= 11 is 0. The number of imidazole rings is 1. The van der Waals surface area contributed by atoms with Crippen LogP contribution >= 0.6 is 0 Å². The van der Waals surface area contributed by atoms with Crippen molar-refractivity contribution in [1.82, 2.24) is 29.2 Å². The number of carbonyl (C=O) groups is 1. The van der Waals surface area contributed by atoms with Gasteiger partial charge in [-0.1, -0.05) is 0 Å². The molecule has 0 radical (unpaired) electrons. The van der Waals surface area contributed by atoms with E-state index in [4.69, 9.17) is 4.74 Å². The highest BCUT2D eigenvalue weighted by molar-refractivity contribution is 5.94. The molecule has 0 bridgehead atoms. The minimum absolute atomic E-state index is 0.144. The third-order valence-corrected chi connectivity index (χ3v) is 4.93. The topological polar surface area (TPSA) is 108 Å². The number of hydrogen-bond acceptors (Lipinski definition) is 5. The highest BCUT2D eigenvalue weighted by Gasteiger charge is 2.18. The van der Waals surface area contributed by atoms with E-state index in [0.717, 1.165) is 36.6 Å². The highest BCUT2D eigenvalue weighted by atomic mass is 16.5. The second-order valence-electron chi connectivity index (χ2n) is 6.54. The molecule has 0 unspecified atom stereocenters. The Hall–Kier alpha value is -3.30. The number of urea groups is 1. The van der Waals surface area contributed by atoms with Crippen LogP contribution in [0, 0.1) is 0 Å². The summed E-state index contributed by atoms with van der Waals surface area (Å²) in [6, 6.07) is 3.07. The fraction of sp³-hybridized carbons (Fsp3) is 0.412. The molecule has 0 fully saturated rings. The standard InChI is InChI=1S/C17H21N7O3/c1-22-11-7-10(13(27-3)8-12(11)23(2)17(22)26)19-16(25)18-9-15-21-20-14-5-4-6-24(14)15/h7-8H,4-6,9H2,1-3H3,(H2,18,19,25). The van der Waals surface area contributed by atoms with Gasteiger partial charge in [-0.05, 0) is 12.5 Å². The summed E-state index contributed by atoms with van der Waals surface area (Å²) in [6.45, 7) is 1.17. The maximum atomic E-state index is 12.4. The monoisotopic (exact) mass is 371 g/mol. The van der Waals surface area contributed by atoms with E-state index in [1.54, 1.807) is 26.2 Å². The quantitative estimate of drug-likeness (QED) is 0.703. The Morgan fingerprint density at radius 1 is 1.22 bits per heavy atom. The van der Waals surface area contributed by atoms with Crippen LogP contribution in [0.5, 0.6) is 5.75 Å². The molecule has 1 aliphatic heterocycles. The summed E-state index contributed by atoms with van der Waals surface area (Å²) in [5.74, 6) is 2.18. The fourth-order valence-corrected chi connectivity index (χ4v) is 3.46. The predicted molar refractivity (Wildman–Crippen MR) is 98.9 cm³/mol. The van der Waals surface area contributed by atoms with Crippen LogP contribution in [0.3, 0.4) is 0 Å². The molecule has 2 N–H and O–H groups in total. The molecular formula is C17H21N7O3. The van der Waals surface area contributed by atoms with Gasteiger partial charge < -0.3 is 19.9 Å². The van der Waals surface area contributed by atoms with Crippen LogP contribution in [0.4, 0.5) is 10.5 Å². The predicted octanol–water partition coefficient (Wildman–Crippen LogP) is 0.745. The Morgan fingerprint density at radius 3 is 2.70 bits per heavy atom. The van der Waals surface area contributed by atoms with Crippen LogP contribution in [0.1, 0.15) is 18.1 Å². The number of ether oxygens (including phenoxy) is 1. The minimum Gasteiger partial charge on any atom is -0.494 e. The summed E-state index contributed by atoms with van der Waals surface area (Å²) in [6.07, 6.45) is 1.98. The number of anilines is 1. The van der Waals surface area contributed by atoms with E-state index < -0.39 is 0 Å². The van der Waals surface area contributed by atoms with Gasteiger partial charge in [0.05, 0.1) is 30.4 Å². The largest absolute Gasteiger partial charge is 0.494 e. The van der Waals surface area contributed by atoms with Crippen molar-refractivity contribution >= 4 is 22.8 Å². The second-order valence-corrected chi connectivity index (χ2v) is 6.54. The number of hydrogen-bond donors (Lipinski definition) is 2. The Bertz CT molecular complexity index is 1090. The molecule has 27 heavy (non-hydrogen) atoms. The lowest BCUT2D eigenvalue weighted by Gasteiger charge is -2.12. The van der Waals surface area contributed by atoms with Crippen molar-refractivity contribution in [1.29, 1.82) is 0 Å². The summed E-state index contributed by atoms with van der Waals surface area (Å²) in [4.78, 5) is 24.5. The Kier molecular flexibility index (Phi) is 4.09. The number of amides is 2. The summed E-state index contributed by atoms with van der Waals surface area (Å²) in [5.41, 5.74) is 1.77. The molecule has 142 valence electrons. The van der Waals surface area contributed by atoms with Crippen molar-refractivity contribution < 1.29 is 9.53 Å². The maximum Gasteiger partial charge on any atom is 0.328 e. The van der Waals surface area contributed by atoms with Crippen LogP contribution in [-0.2, 0) is 33.6 Å². The first-order valence-corrected chi connectivity index (χ1v) is 8.69. The van der Waals surface area contributed by atoms with E-state index in [9.17, 15) is 9.59 Å². The molecular weight excluding hydrogens is 350 g/mol. The molecule has 10 heteroatoms. The third kappa shape index (κ3) is 2.82. The summed E-state index contributed by atoms with van der Waals surface area (Å²) in [5, 5.41) is 13.8. The van der Waals surface area contributed by atoms with Crippen molar-refractivity contribution in [3.05, 3.63) is 34.3 Å². The van der Waals surface area contributed by atoms with E-state index in [-0.39, 0.29) is 18.3 Å². The molecule has 4 rings (SSSR count). The van der Waals surface area contributed by atoms with Crippen molar-refractivity contribution in [2.75, 3.05) is 12.4 Å². The number of aryl methyl sites for hydroxylation is 3. The van der Waals surface area contributed by atoms with Gasteiger partial charge in [0.2, 0.25) is 0 Å². The summed E-state index contributed by atoms with van der Waals surface area (Å²) in [7, 11) is 4.90. The number of fused-ring (bicyclic) bond motifs is 2. The van der Waals surface area contributed by atoms with E-state index >= 15 is 0 Å². The number of rotatable bonds is 4. The average molecular weight is 371 g/mol. The smallest absolute Gasteiger partial charge is 0.328 e. The van der Waals surface area contributed by atoms with Crippen LogP contribution in [0.15, 0.2) is 16.9 Å². The van der Waals surface area contributed by atoms with Crippen molar-refractivity contribution in [2.45, 2.75) is 25.9 Å². The van der Waals surface area contributed by atoms with E-state index in [2.05, 4.69) is 20.8 Å². The van der Waals surface area contributed by atoms with E-state index in [1.807, 2.05) is 4.57 Å². The molecule has 2 aromatic heterocycles. The van der Waals surface area contributed by atoms with Gasteiger partial charge in [0.25, 0.3) is 0 Å². The first-order valence-electron chi connectivity index (χ1n) is 8.69. The zero-order valence-electron chi connectivity index (χ0n) is 15.4. The number of benzene rings is 1. The first-order chi connectivity index (χ1) is 13.0. The van der Waals surface area contributed by atoms with Gasteiger partial charge in [0.1, 0.15) is 11.6 Å². The molecule has 0 atom stereocenters. The van der Waals surface area contributed by atoms with Crippen molar-refractivity contribution in [3.63, 3.8) is 0 Å². The van der Waals surface area contributed by atoms with Gasteiger partial charge in [-0.15, -0.1) is 10.2 Å². The molecule has 0 saturated carbocycles. The molecule has 0 spiro atoms. The second kappa shape index (κ2) is 6.45. The molecule has 3 aromatic rings. The van der Waals surface area contributed by atoms with Crippen LogP contribution in [-0.4, -0.2) is 37.0 Å². The van der Waals surface area contributed by atoms with Crippen LogP contribution < -0.4 is 21.1 Å². The lowest BCUT2D eigenvalue weighted by Crippen LogP contribution is -2.29. The zero-order valence-corrected chi connectivity index (χ0v) is 15.4. The first kappa shape index (κ1) is 17.1. The molecule has 1 aliphatic rings. The van der Waals surface area contributed by atoms with Crippen molar-refractivity contribution in [3.8, 4) is 5.75 Å². The molecule has 10 nitrogen and oxygen atoms in total. The summed E-state index contributed by atoms with van der Waals surface area (Å²) < 4.78 is 10.5.